The molecule has 28 heavy (non-hydrogen) atoms. The van der Waals surface area contributed by atoms with E-state index in [-0.39, 0.29) is 12.2 Å². The molecule has 0 aliphatic carbocycles. The first-order valence-electron chi connectivity index (χ1n) is 8.99. The van der Waals surface area contributed by atoms with E-state index < -0.39 is 11.2 Å². The maximum atomic E-state index is 10.9. The van der Waals surface area contributed by atoms with Gasteiger partial charge in [-0.3, -0.25) is 4.79 Å². The van der Waals surface area contributed by atoms with Gasteiger partial charge in [-0.05, 0) is 101 Å². The van der Waals surface area contributed by atoms with E-state index in [1.807, 2.05) is 41.5 Å². The molecule has 0 fully saturated rings. The molecule has 152 valence electrons. The van der Waals surface area contributed by atoms with Gasteiger partial charge in [0.05, 0.1) is 17.8 Å². The number of carboxylic acid groups (broad SMARTS) is 1. The Morgan fingerprint density at radius 1 is 0.821 bits per heavy atom. The van der Waals surface area contributed by atoms with Gasteiger partial charge in [0.25, 0.3) is 5.24 Å². The van der Waals surface area contributed by atoms with Crippen LogP contribution in [0.4, 0.5) is 0 Å². The third-order valence-corrected chi connectivity index (χ3v) is 3.77. The Labute approximate surface area is 171 Å². The number of aryl methyl sites for hydroxylation is 2. The largest absolute Gasteiger partial charge is 0.491 e. The number of carbonyl (C=O) groups excluding carboxylic acids is 1. The molecule has 1 N–H and O–H groups in total. The van der Waals surface area contributed by atoms with Crippen molar-refractivity contribution in [1.82, 2.24) is 0 Å². The normalized spacial score (nSPS) is 10.3. The smallest absolute Gasteiger partial charge is 0.335 e. The minimum Gasteiger partial charge on any atom is -0.491 e. The van der Waals surface area contributed by atoms with Gasteiger partial charge in [-0.2, -0.15) is 0 Å². The summed E-state index contributed by atoms with van der Waals surface area (Å²) in [4.78, 5) is 21.5. The fraction of sp³-hybridized carbons (Fsp3) is 0.364. The molecule has 0 aliphatic heterocycles. The summed E-state index contributed by atoms with van der Waals surface area (Å²) in [5.74, 6) is 0.621. The molecule has 0 saturated carbocycles. The van der Waals surface area contributed by atoms with Gasteiger partial charge >= 0.3 is 5.97 Å². The predicted molar refractivity (Wildman–Crippen MR) is 111 cm³/mol. The van der Waals surface area contributed by atoms with Crippen LogP contribution < -0.4 is 9.47 Å². The summed E-state index contributed by atoms with van der Waals surface area (Å²) >= 11 is 5.35. The minimum atomic E-state index is -0.913. The number of aromatic carboxylic acids is 1. The predicted octanol–water partition coefficient (Wildman–Crippen LogP) is 5.64. The van der Waals surface area contributed by atoms with E-state index in [0.717, 1.165) is 22.6 Å². The number of carboxylic acids is 1. The first kappa shape index (κ1) is 23.5. The maximum absolute atomic E-state index is 10.9. The number of carbonyl (C=O) groups is 2. The molecule has 0 amide bonds. The summed E-state index contributed by atoms with van der Waals surface area (Å²) in [7, 11) is 0. The Morgan fingerprint density at radius 3 is 1.54 bits per heavy atom. The average molecular weight is 407 g/mol. The summed E-state index contributed by atoms with van der Waals surface area (Å²) in [6, 6.07) is 10.0. The number of ether oxygens (including phenoxy) is 2. The topological polar surface area (TPSA) is 72.8 Å². The van der Waals surface area contributed by atoms with Gasteiger partial charge in [-0.1, -0.05) is 0 Å². The van der Waals surface area contributed by atoms with E-state index in [1.165, 1.54) is 0 Å². The number of hydrogen-bond donors (Lipinski definition) is 1. The SMILES string of the molecule is Cc1cc(C(=O)Cl)ccc1OC(C)C.Cc1cc(C(=O)O)ccc1OC(C)C. The van der Waals surface area contributed by atoms with Crippen LogP contribution in [0.3, 0.4) is 0 Å². The Bertz CT molecular complexity index is 758. The molecule has 2 aromatic carbocycles. The van der Waals surface area contributed by atoms with E-state index in [0.29, 0.717) is 11.1 Å². The molecule has 0 spiro atoms. The van der Waals surface area contributed by atoms with Gasteiger partial charge in [0.15, 0.2) is 0 Å². The zero-order valence-electron chi connectivity index (χ0n) is 17.1. The lowest BCUT2D eigenvalue weighted by atomic mass is 10.1. The fourth-order valence-corrected chi connectivity index (χ4v) is 2.44. The standard InChI is InChI=1S/C11H13ClO2.C11H14O3/c2*1-7(2)14-10-5-4-9(11(12)13)6-8(10)3/h4-7H,1-3H3;4-7H,1-3H3,(H,12,13). The number of benzene rings is 2. The summed E-state index contributed by atoms with van der Waals surface area (Å²) in [6.45, 7) is 11.5. The van der Waals surface area contributed by atoms with Crippen molar-refractivity contribution in [3.8, 4) is 11.5 Å². The third kappa shape index (κ3) is 7.61. The molecule has 2 rings (SSSR count). The molecule has 0 unspecified atom stereocenters. The Morgan fingerprint density at radius 2 is 1.21 bits per heavy atom. The van der Waals surface area contributed by atoms with Crippen molar-refractivity contribution in [3.05, 3.63) is 58.7 Å². The third-order valence-electron chi connectivity index (χ3n) is 3.55. The van der Waals surface area contributed by atoms with Crippen LogP contribution in [-0.2, 0) is 0 Å². The van der Waals surface area contributed by atoms with Crippen LogP contribution in [0.2, 0.25) is 0 Å². The summed E-state index contributed by atoms with van der Waals surface area (Å²) in [5, 5.41) is 8.30. The highest BCUT2D eigenvalue weighted by atomic mass is 35.5. The highest BCUT2D eigenvalue weighted by Crippen LogP contribution is 2.21. The van der Waals surface area contributed by atoms with Crippen LogP contribution in [-0.4, -0.2) is 28.5 Å². The molecule has 2 aromatic rings. The van der Waals surface area contributed by atoms with Gasteiger partial charge in [-0.15, -0.1) is 0 Å². The van der Waals surface area contributed by atoms with Crippen LogP contribution in [0.1, 0.15) is 59.5 Å². The van der Waals surface area contributed by atoms with Crippen LogP contribution in [0.25, 0.3) is 0 Å². The molecule has 0 atom stereocenters. The van der Waals surface area contributed by atoms with Gasteiger partial charge in [0.1, 0.15) is 11.5 Å². The van der Waals surface area contributed by atoms with Crippen molar-refractivity contribution in [1.29, 1.82) is 0 Å². The maximum Gasteiger partial charge on any atom is 0.335 e. The first-order valence-corrected chi connectivity index (χ1v) is 9.36. The summed E-state index contributed by atoms with van der Waals surface area (Å²) in [6.07, 6.45) is 0.232. The van der Waals surface area contributed by atoms with E-state index in [4.69, 9.17) is 26.2 Å². The lowest BCUT2D eigenvalue weighted by molar-refractivity contribution is 0.0696. The van der Waals surface area contributed by atoms with Crippen LogP contribution in [0.5, 0.6) is 11.5 Å². The van der Waals surface area contributed by atoms with Gasteiger partial charge in [-0.25, -0.2) is 4.79 Å². The minimum absolute atomic E-state index is 0.101. The van der Waals surface area contributed by atoms with E-state index in [1.54, 1.807) is 36.4 Å². The molecule has 0 heterocycles. The van der Waals surface area contributed by atoms with Crippen molar-refractivity contribution in [2.75, 3.05) is 0 Å². The Hall–Kier alpha value is -2.53. The average Bonchev–Trinajstić information content (AvgIpc) is 2.58. The zero-order chi connectivity index (χ0) is 21.4. The second-order valence-corrected chi connectivity index (χ2v) is 7.22. The van der Waals surface area contributed by atoms with Crippen LogP contribution in [0.15, 0.2) is 36.4 Å². The molecule has 5 nitrogen and oxygen atoms in total. The molecule has 0 saturated heterocycles. The second kappa shape index (κ2) is 10.7. The molecule has 6 heteroatoms. The summed E-state index contributed by atoms with van der Waals surface area (Å²) < 4.78 is 11.0. The molecule has 0 bridgehead atoms. The van der Waals surface area contributed by atoms with Crippen LogP contribution in [0, 0.1) is 13.8 Å². The lowest BCUT2D eigenvalue weighted by Crippen LogP contribution is -2.07. The van der Waals surface area contributed by atoms with E-state index >= 15 is 0 Å². The fourth-order valence-electron chi connectivity index (χ4n) is 2.33. The Kier molecular flexibility index (Phi) is 9.00. The van der Waals surface area contributed by atoms with Crippen molar-refractivity contribution in [2.24, 2.45) is 0 Å². The number of halogens is 1. The van der Waals surface area contributed by atoms with Gasteiger partial charge < -0.3 is 14.6 Å². The van der Waals surface area contributed by atoms with E-state index in [9.17, 15) is 9.59 Å². The molecule has 0 radical (unpaired) electrons. The lowest BCUT2D eigenvalue weighted by Gasteiger charge is -2.12. The van der Waals surface area contributed by atoms with Gasteiger partial charge in [0, 0.05) is 5.56 Å². The summed E-state index contributed by atoms with van der Waals surface area (Å²) in [5.41, 5.74) is 2.56. The van der Waals surface area contributed by atoms with Gasteiger partial charge in [0.2, 0.25) is 0 Å². The quantitative estimate of drug-likeness (QED) is 0.628. The van der Waals surface area contributed by atoms with Crippen molar-refractivity contribution in [2.45, 2.75) is 53.8 Å². The monoisotopic (exact) mass is 406 g/mol. The molecule has 0 aromatic heterocycles. The molecule has 0 aliphatic rings. The van der Waals surface area contributed by atoms with E-state index in [2.05, 4.69) is 0 Å². The molecular formula is C22H27ClO5. The van der Waals surface area contributed by atoms with Crippen molar-refractivity contribution >= 4 is 22.8 Å². The highest BCUT2D eigenvalue weighted by molar-refractivity contribution is 6.67. The van der Waals surface area contributed by atoms with Crippen LogP contribution >= 0.6 is 11.6 Å². The second-order valence-electron chi connectivity index (χ2n) is 6.87. The van der Waals surface area contributed by atoms with Crippen molar-refractivity contribution in [3.63, 3.8) is 0 Å². The zero-order valence-corrected chi connectivity index (χ0v) is 17.8. The molecular weight excluding hydrogens is 380 g/mol. The van der Waals surface area contributed by atoms with Crippen molar-refractivity contribution < 1.29 is 24.2 Å². The Balaban J connectivity index is 0.000000280. The first-order chi connectivity index (χ1) is 13.0. The number of rotatable bonds is 6. The number of hydrogen-bond acceptors (Lipinski definition) is 4. The highest BCUT2D eigenvalue weighted by Gasteiger charge is 2.07.